The molecule has 2 atom stereocenters. The number of piperidine rings is 1. The fourth-order valence-electron chi connectivity index (χ4n) is 3.47. The van der Waals surface area contributed by atoms with Gasteiger partial charge in [-0.2, -0.15) is 4.31 Å². The van der Waals surface area contributed by atoms with Crippen molar-refractivity contribution in [1.29, 1.82) is 0 Å². The Morgan fingerprint density at radius 1 is 0.857 bits per heavy atom. The van der Waals surface area contributed by atoms with Crippen LogP contribution in [0.4, 0.5) is 5.69 Å². The van der Waals surface area contributed by atoms with E-state index in [1.54, 1.807) is 12.1 Å². The number of hydrogen-bond acceptors (Lipinski definition) is 4. The van der Waals surface area contributed by atoms with Crippen LogP contribution in [0.5, 0.6) is 0 Å². The molecular formula is C19H23BrN2O4S2. The molecule has 0 unspecified atom stereocenters. The summed E-state index contributed by atoms with van der Waals surface area (Å²) in [6, 6.07) is 12.1. The quantitative estimate of drug-likeness (QED) is 0.693. The van der Waals surface area contributed by atoms with Crippen molar-refractivity contribution >= 4 is 41.7 Å². The monoisotopic (exact) mass is 486 g/mol. The Morgan fingerprint density at radius 3 is 1.89 bits per heavy atom. The highest BCUT2D eigenvalue weighted by atomic mass is 79.9. The summed E-state index contributed by atoms with van der Waals surface area (Å²) in [5, 5.41) is 0. The molecule has 0 spiro atoms. The van der Waals surface area contributed by atoms with E-state index >= 15 is 0 Å². The van der Waals surface area contributed by atoms with Gasteiger partial charge < -0.3 is 0 Å². The van der Waals surface area contributed by atoms with E-state index in [1.165, 1.54) is 40.7 Å². The number of nitrogens with zero attached hydrogens (tertiary/aromatic N) is 1. The average Bonchev–Trinajstić information content (AvgIpc) is 2.61. The third-order valence-electron chi connectivity index (χ3n) is 4.70. The molecule has 0 bridgehead atoms. The summed E-state index contributed by atoms with van der Waals surface area (Å²) < 4.78 is 55.5. The lowest BCUT2D eigenvalue weighted by Gasteiger charge is -2.34. The maximum Gasteiger partial charge on any atom is 0.261 e. The first-order valence-electron chi connectivity index (χ1n) is 8.96. The minimum absolute atomic E-state index is 0.128. The van der Waals surface area contributed by atoms with Crippen LogP contribution in [0.2, 0.25) is 0 Å². The van der Waals surface area contributed by atoms with Gasteiger partial charge >= 0.3 is 0 Å². The van der Waals surface area contributed by atoms with Crippen LogP contribution in [0.1, 0.15) is 20.3 Å². The molecule has 1 fully saturated rings. The number of rotatable bonds is 5. The van der Waals surface area contributed by atoms with Crippen molar-refractivity contribution < 1.29 is 16.8 Å². The molecule has 1 saturated heterocycles. The largest absolute Gasteiger partial charge is 0.280 e. The normalized spacial score (nSPS) is 21.4. The predicted octanol–water partition coefficient (Wildman–Crippen LogP) is 3.92. The molecule has 1 N–H and O–H groups in total. The second-order valence-electron chi connectivity index (χ2n) is 7.35. The van der Waals surface area contributed by atoms with Crippen molar-refractivity contribution in [3.63, 3.8) is 0 Å². The Kier molecular flexibility index (Phi) is 6.19. The summed E-state index contributed by atoms with van der Waals surface area (Å²) >= 11 is 3.27. The van der Waals surface area contributed by atoms with Crippen LogP contribution < -0.4 is 4.72 Å². The zero-order valence-corrected chi connectivity index (χ0v) is 18.9. The van der Waals surface area contributed by atoms with Crippen LogP contribution in [-0.2, 0) is 20.0 Å². The molecular weight excluding hydrogens is 464 g/mol. The van der Waals surface area contributed by atoms with Gasteiger partial charge in [0.1, 0.15) is 0 Å². The number of nitrogens with one attached hydrogen (secondary N) is 1. The van der Waals surface area contributed by atoms with Crippen LogP contribution in [0.15, 0.2) is 62.8 Å². The standard InChI is InChI=1S/C19H23BrN2O4S2/c1-14-11-15(2)13-22(12-14)28(25,26)19-9-5-17(6-10-19)21-27(23,24)18-7-3-16(20)4-8-18/h3-10,14-15,21H,11-13H2,1-2H3/t14-,15+. The summed E-state index contributed by atoms with van der Waals surface area (Å²) in [4.78, 5) is 0.295. The predicted molar refractivity (Wildman–Crippen MR) is 113 cm³/mol. The fraction of sp³-hybridized carbons (Fsp3) is 0.368. The highest BCUT2D eigenvalue weighted by Gasteiger charge is 2.31. The van der Waals surface area contributed by atoms with Gasteiger partial charge in [-0.15, -0.1) is 0 Å². The number of sulfonamides is 2. The van der Waals surface area contributed by atoms with Gasteiger partial charge in [0.25, 0.3) is 10.0 Å². The molecule has 9 heteroatoms. The van der Waals surface area contributed by atoms with E-state index in [0.29, 0.717) is 30.6 Å². The van der Waals surface area contributed by atoms with E-state index in [4.69, 9.17) is 0 Å². The summed E-state index contributed by atoms with van der Waals surface area (Å²) in [7, 11) is -7.34. The second kappa shape index (κ2) is 8.14. The molecule has 152 valence electrons. The van der Waals surface area contributed by atoms with Gasteiger partial charge in [-0.25, -0.2) is 16.8 Å². The summed E-state index contributed by atoms with van der Waals surface area (Å²) in [5.41, 5.74) is 0.308. The lowest BCUT2D eigenvalue weighted by atomic mass is 9.94. The Balaban J connectivity index is 1.78. The highest BCUT2D eigenvalue weighted by molar-refractivity contribution is 9.10. The molecule has 0 saturated carbocycles. The van der Waals surface area contributed by atoms with Gasteiger partial charge in [-0.1, -0.05) is 29.8 Å². The molecule has 6 nitrogen and oxygen atoms in total. The first-order chi connectivity index (χ1) is 13.1. The summed E-state index contributed by atoms with van der Waals surface area (Å²) in [6.45, 7) is 5.12. The first-order valence-corrected chi connectivity index (χ1v) is 12.7. The minimum atomic E-state index is -3.74. The lowest BCUT2D eigenvalue weighted by Crippen LogP contribution is -2.42. The zero-order valence-electron chi connectivity index (χ0n) is 15.7. The van der Waals surface area contributed by atoms with Crippen LogP contribution in [0, 0.1) is 11.8 Å². The number of benzene rings is 2. The maximum atomic E-state index is 12.9. The third-order valence-corrected chi connectivity index (χ3v) is 8.48. The van der Waals surface area contributed by atoms with Crippen molar-refractivity contribution in [3.8, 4) is 0 Å². The van der Waals surface area contributed by atoms with Crippen LogP contribution >= 0.6 is 15.9 Å². The van der Waals surface area contributed by atoms with Gasteiger partial charge in [-0.05, 0) is 66.8 Å². The lowest BCUT2D eigenvalue weighted by molar-refractivity contribution is 0.222. The molecule has 3 rings (SSSR count). The Hall–Kier alpha value is -1.42. The van der Waals surface area contributed by atoms with Crippen molar-refractivity contribution in [2.75, 3.05) is 17.8 Å². The number of hydrogen-bond donors (Lipinski definition) is 1. The topological polar surface area (TPSA) is 83.6 Å². The summed E-state index contributed by atoms with van der Waals surface area (Å²) in [5.74, 6) is 0.631. The molecule has 0 aromatic heterocycles. The molecule has 1 aliphatic heterocycles. The van der Waals surface area contributed by atoms with E-state index in [-0.39, 0.29) is 9.79 Å². The number of halogens is 1. The fourth-order valence-corrected chi connectivity index (χ4v) is 6.48. The van der Waals surface area contributed by atoms with E-state index < -0.39 is 20.0 Å². The highest BCUT2D eigenvalue weighted by Crippen LogP contribution is 2.27. The average molecular weight is 487 g/mol. The van der Waals surface area contributed by atoms with Crippen LogP contribution in [-0.4, -0.2) is 34.2 Å². The van der Waals surface area contributed by atoms with Crippen LogP contribution in [0.25, 0.3) is 0 Å². The molecule has 0 amide bonds. The van der Waals surface area contributed by atoms with E-state index in [0.717, 1.165) is 10.9 Å². The van der Waals surface area contributed by atoms with Gasteiger partial charge in [-0.3, -0.25) is 4.72 Å². The van der Waals surface area contributed by atoms with Crippen molar-refractivity contribution in [3.05, 3.63) is 53.0 Å². The third kappa shape index (κ3) is 4.76. The van der Waals surface area contributed by atoms with Crippen molar-refractivity contribution in [2.24, 2.45) is 11.8 Å². The summed E-state index contributed by atoms with van der Waals surface area (Å²) in [6.07, 6.45) is 1.02. The molecule has 2 aromatic rings. The smallest absolute Gasteiger partial charge is 0.261 e. The van der Waals surface area contributed by atoms with Crippen molar-refractivity contribution in [1.82, 2.24) is 4.31 Å². The molecule has 1 heterocycles. The first kappa shape index (κ1) is 21.3. The molecule has 28 heavy (non-hydrogen) atoms. The van der Waals surface area contributed by atoms with Gasteiger partial charge in [0.2, 0.25) is 10.0 Å². The van der Waals surface area contributed by atoms with Gasteiger partial charge in [0.15, 0.2) is 0 Å². The second-order valence-corrected chi connectivity index (χ2v) is 11.9. The van der Waals surface area contributed by atoms with Crippen LogP contribution in [0.3, 0.4) is 0 Å². The van der Waals surface area contributed by atoms with Crippen molar-refractivity contribution in [2.45, 2.75) is 30.1 Å². The molecule has 0 aliphatic carbocycles. The number of anilines is 1. The molecule has 0 radical (unpaired) electrons. The SMILES string of the molecule is C[C@@H]1C[C@H](C)CN(S(=O)(=O)c2ccc(NS(=O)(=O)c3ccc(Br)cc3)cc2)C1. The van der Waals surface area contributed by atoms with Gasteiger partial charge in [0, 0.05) is 23.2 Å². The Bertz CT molecular complexity index is 1030. The Labute approximate surface area is 175 Å². The molecule has 2 aromatic carbocycles. The Morgan fingerprint density at radius 2 is 1.36 bits per heavy atom. The minimum Gasteiger partial charge on any atom is -0.280 e. The zero-order chi connectivity index (χ0) is 20.5. The maximum absolute atomic E-state index is 12.9. The van der Waals surface area contributed by atoms with E-state index in [9.17, 15) is 16.8 Å². The van der Waals surface area contributed by atoms with Gasteiger partial charge in [0.05, 0.1) is 9.79 Å². The molecule has 1 aliphatic rings. The van der Waals surface area contributed by atoms with E-state index in [2.05, 4.69) is 34.5 Å². The van der Waals surface area contributed by atoms with E-state index in [1.807, 2.05) is 0 Å².